The molecule has 0 radical (unpaired) electrons. The van der Waals surface area contributed by atoms with E-state index < -0.39 is 0 Å². The Bertz CT molecular complexity index is 1460. The summed E-state index contributed by atoms with van der Waals surface area (Å²) in [7, 11) is 2.09. The van der Waals surface area contributed by atoms with Crippen LogP contribution < -0.4 is 5.32 Å². The summed E-state index contributed by atoms with van der Waals surface area (Å²) in [6, 6.07) is 20.7. The molecular formula is C28H27BrClN5O2. The van der Waals surface area contributed by atoms with Crippen LogP contribution in [0.1, 0.15) is 11.1 Å². The molecule has 1 aliphatic heterocycles. The van der Waals surface area contributed by atoms with Crippen molar-refractivity contribution in [3.05, 3.63) is 87.4 Å². The highest BCUT2D eigenvalue weighted by molar-refractivity contribution is 9.10. The number of anilines is 1. The van der Waals surface area contributed by atoms with Gasteiger partial charge in [0.25, 0.3) is 0 Å². The summed E-state index contributed by atoms with van der Waals surface area (Å²) in [4.78, 5) is 25.0. The summed E-state index contributed by atoms with van der Waals surface area (Å²) in [5.41, 5.74) is 4.15. The van der Waals surface area contributed by atoms with E-state index in [1.165, 1.54) is 0 Å². The fraction of sp³-hybridized carbons (Fsp3) is 0.214. The van der Waals surface area contributed by atoms with Crippen molar-refractivity contribution in [1.29, 1.82) is 0 Å². The maximum Gasteiger partial charge on any atom is 0.238 e. The molecule has 1 saturated heterocycles. The Hall–Kier alpha value is -3.17. The lowest BCUT2D eigenvalue weighted by Crippen LogP contribution is -2.47. The van der Waals surface area contributed by atoms with Gasteiger partial charge < -0.3 is 20.3 Å². The highest BCUT2D eigenvalue weighted by Crippen LogP contribution is 2.34. The molecule has 0 spiro atoms. The lowest BCUT2D eigenvalue weighted by molar-refractivity contribution is -0.117. The number of hydrogen-bond acceptors (Lipinski definition) is 5. The molecule has 4 aromatic rings. The first-order valence-corrected chi connectivity index (χ1v) is 13.2. The number of piperazine rings is 1. The number of H-pyrrole nitrogens is 1. The van der Waals surface area contributed by atoms with Crippen molar-refractivity contribution in [1.82, 2.24) is 14.8 Å². The zero-order valence-corrected chi connectivity index (χ0v) is 22.7. The third kappa shape index (κ3) is 5.88. The summed E-state index contributed by atoms with van der Waals surface area (Å²) in [6.07, 6.45) is 0. The third-order valence-electron chi connectivity index (χ3n) is 6.46. The van der Waals surface area contributed by atoms with E-state index in [1.807, 2.05) is 54.6 Å². The van der Waals surface area contributed by atoms with E-state index in [9.17, 15) is 9.90 Å². The van der Waals surface area contributed by atoms with E-state index in [2.05, 4.69) is 43.1 Å². The largest absolute Gasteiger partial charge is 0.494 e. The van der Waals surface area contributed by atoms with E-state index >= 15 is 0 Å². The van der Waals surface area contributed by atoms with Crippen molar-refractivity contribution in [2.45, 2.75) is 0 Å². The molecule has 1 fully saturated rings. The molecule has 0 unspecified atom stereocenters. The van der Waals surface area contributed by atoms with Crippen molar-refractivity contribution >= 4 is 61.4 Å². The summed E-state index contributed by atoms with van der Waals surface area (Å²) < 4.78 is 0.725. The molecule has 2 heterocycles. The zero-order chi connectivity index (χ0) is 25.9. The predicted octanol–water partition coefficient (Wildman–Crippen LogP) is 5.64. The van der Waals surface area contributed by atoms with Gasteiger partial charge in [0.05, 0.1) is 34.7 Å². The number of benzene rings is 3. The number of carbonyl (C=O) groups is 1. The average molecular weight is 581 g/mol. The Morgan fingerprint density at radius 2 is 1.84 bits per heavy atom. The van der Waals surface area contributed by atoms with Crippen LogP contribution >= 0.6 is 27.5 Å². The maximum atomic E-state index is 12.6. The van der Waals surface area contributed by atoms with Gasteiger partial charge in [-0.3, -0.25) is 9.69 Å². The van der Waals surface area contributed by atoms with Crippen molar-refractivity contribution in [3.8, 4) is 5.88 Å². The monoisotopic (exact) mass is 579 g/mol. The molecule has 37 heavy (non-hydrogen) atoms. The molecular weight excluding hydrogens is 554 g/mol. The quantitative estimate of drug-likeness (QED) is 0.258. The van der Waals surface area contributed by atoms with Crippen LogP contribution in [0.2, 0.25) is 5.02 Å². The second-order valence-corrected chi connectivity index (χ2v) is 10.4. The van der Waals surface area contributed by atoms with Crippen molar-refractivity contribution in [2.24, 2.45) is 4.99 Å². The van der Waals surface area contributed by atoms with Crippen LogP contribution in [-0.4, -0.2) is 71.3 Å². The molecule has 1 aliphatic rings. The molecule has 0 atom stereocenters. The van der Waals surface area contributed by atoms with Crippen LogP contribution in [0.4, 0.5) is 11.4 Å². The number of hydrogen-bond donors (Lipinski definition) is 3. The molecule has 1 amide bonds. The smallest absolute Gasteiger partial charge is 0.238 e. The summed E-state index contributed by atoms with van der Waals surface area (Å²) in [5.74, 6) is -0.0272. The molecule has 1 aromatic heterocycles. The zero-order valence-electron chi connectivity index (χ0n) is 20.3. The van der Waals surface area contributed by atoms with E-state index in [0.717, 1.165) is 47.1 Å². The average Bonchev–Trinajstić information content (AvgIpc) is 3.20. The number of carbonyl (C=O) groups excluding carboxylic acids is 1. The Morgan fingerprint density at radius 1 is 1.08 bits per heavy atom. The topological polar surface area (TPSA) is 84.0 Å². The van der Waals surface area contributed by atoms with Gasteiger partial charge in [0.2, 0.25) is 5.91 Å². The molecule has 190 valence electrons. The summed E-state index contributed by atoms with van der Waals surface area (Å²) >= 11 is 9.75. The van der Waals surface area contributed by atoms with Crippen molar-refractivity contribution in [2.75, 3.05) is 45.1 Å². The van der Waals surface area contributed by atoms with Crippen LogP contribution in [-0.2, 0) is 4.79 Å². The van der Waals surface area contributed by atoms with Gasteiger partial charge in [0, 0.05) is 46.6 Å². The van der Waals surface area contributed by atoms with Gasteiger partial charge in [0.1, 0.15) is 0 Å². The van der Waals surface area contributed by atoms with Gasteiger partial charge in [-0.25, -0.2) is 4.99 Å². The number of rotatable bonds is 6. The predicted molar refractivity (Wildman–Crippen MR) is 153 cm³/mol. The van der Waals surface area contributed by atoms with Crippen LogP contribution in [0.5, 0.6) is 5.88 Å². The highest BCUT2D eigenvalue weighted by atomic mass is 79.9. The number of fused-ring (bicyclic) bond motifs is 1. The lowest BCUT2D eigenvalue weighted by Gasteiger charge is -2.31. The van der Waals surface area contributed by atoms with E-state index in [4.69, 9.17) is 16.6 Å². The number of aromatic hydroxyl groups is 1. The Kier molecular flexibility index (Phi) is 7.62. The SMILES string of the molecule is CN1CCN(CC(=O)Nc2ccc(N=C(c3ccccc3)c3c(O)[nH]c4cc(Cl)ccc34)cc2Br)CC1. The minimum atomic E-state index is -0.0474. The first-order chi connectivity index (χ1) is 17.9. The second-order valence-electron chi connectivity index (χ2n) is 9.16. The van der Waals surface area contributed by atoms with Gasteiger partial charge in [-0.15, -0.1) is 0 Å². The summed E-state index contributed by atoms with van der Waals surface area (Å²) in [5, 5.41) is 15.2. The Morgan fingerprint density at radius 3 is 2.57 bits per heavy atom. The molecule has 3 aromatic carbocycles. The van der Waals surface area contributed by atoms with Gasteiger partial charge in [0.15, 0.2) is 5.88 Å². The van der Waals surface area contributed by atoms with Gasteiger partial charge in [-0.05, 0) is 53.3 Å². The molecule has 5 rings (SSSR count). The minimum absolute atomic E-state index is 0.0201. The lowest BCUT2D eigenvalue weighted by atomic mass is 10.0. The van der Waals surface area contributed by atoms with Crippen molar-refractivity contribution < 1.29 is 9.90 Å². The number of aromatic amines is 1. The standard InChI is InChI=1S/C28H27BrClN5O2/c1-34-11-13-35(14-12-34)17-25(36)32-23-10-8-20(16-22(23)29)31-27(18-5-3-2-4-6-18)26-21-9-7-19(30)15-24(21)33-28(26)37/h2-10,15-16,33,37H,11-14,17H2,1H3,(H,32,36). The fourth-order valence-electron chi connectivity index (χ4n) is 4.46. The number of amides is 1. The Labute approximate surface area is 228 Å². The van der Waals surface area contributed by atoms with Crippen molar-refractivity contribution in [3.63, 3.8) is 0 Å². The number of nitrogens with zero attached hydrogens (tertiary/aromatic N) is 3. The van der Waals surface area contributed by atoms with Crippen LogP contribution in [0.25, 0.3) is 10.9 Å². The van der Waals surface area contributed by atoms with E-state index in [0.29, 0.717) is 34.2 Å². The van der Waals surface area contributed by atoms with Gasteiger partial charge in [-0.1, -0.05) is 48.0 Å². The number of likely N-dealkylation sites (N-methyl/N-ethyl adjacent to an activating group) is 1. The summed E-state index contributed by atoms with van der Waals surface area (Å²) in [6.45, 7) is 4.06. The van der Waals surface area contributed by atoms with E-state index in [1.54, 1.807) is 12.1 Å². The number of halogens is 2. The second kappa shape index (κ2) is 11.1. The minimum Gasteiger partial charge on any atom is -0.494 e. The van der Waals surface area contributed by atoms with Gasteiger partial charge >= 0.3 is 0 Å². The molecule has 9 heteroatoms. The van der Waals surface area contributed by atoms with Crippen LogP contribution in [0, 0.1) is 0 Å². The number of aliphatic imine (C=N–C) groups is 1. The molecule has 7 nitrogen and oxygen atoms in total. The first kappa shape index (κ1) is 25.5. The highest BCUT2D eigenvalue weighted by Gasteiger charge is 2.20. The number of nitrogens with one attached hydrogen (secondary N) is 2. The normalized spacial score (nSPS) is 15.3. The molecule has 0 bridgehead atoms. The van der Waals surface area contributed by atoms with Crippen LogP contribution in [0.15, 0.2) is 76.2 Å². The number of aromatic nitrogens is 1. The third-order valence-corrected chi connectivity index (χ3v) is 7.35. The fourth-order valence-corrected chi connectivity index (χ4v) is 5.10. The first-order valence-electron chi connectivity index (χ1n) is 12.0. The Balaban J connectivity index is 1.44. The van der Waals surface area contributed by atoms with Crippen LogP contribution in [0.3, 0.4) is 0 Å². The molecule has 0 aliphatic carbocycles. The molecule has 3 N–H and O–H groups in total. The van der Waals surface area contributed by atoms with E-state index in [-0.39, 0.29) is 11.8 Å². The maximum absolute atomic E-state index is 12.6. The molecule has 0 saturated carbocycles. The van der Waals surface area contributed by atoms with Gasteiger partial charge in [-0.2, -0.15) is 0 Å².